The van der Waals surface area contributed by atoms with Gasteiger partial charge in [-0.25, -0.2) is 16.8 Å². The van der Waals surface area contributed by atoms with Crippen molar-refractivity contribution in [2.75, 3.05) is 36.2 Å². The maximum absolute atomic E-state index is 13.6. The van der Waals surface area contributed by atoms with Gasteiger partial charge < -0.3 is 28.4 Å². The lowest BCUT2D eigenvalue weighted by Gasteiger charge is -2.44. The van der Waals surface area contributed by atoms with Gasteiger partial charge >= 0.3 is 23.9 Å². The van der Waals surface area contributed by atoms with Gasteiger partial charge in [-0.15, -0.1) is 0 Å². The van der Waals surface area contributed by atoms with E-state index >= 15 is 0 Å². The molecule has 5 atom stereocenters. The molecule has 0 aromatic rings. The average molecular weight is 981 g/mol. The number of ether oxygens (including phenoxy) is 6. The molecular weight excluding hydrogens is 889 g/mol. The van der Waals surface area contributed by atoms with Crippen molar-refractivity contribution < 1.29 is 64.4 Å². The molecule has 0 bridgehead atoms. The first-order valence-corrected chi connectivity index (χ1v) is 29.5. The van der Waals surface area contributed by atoms with Gasteiger partial charge in [0.25, 0.3) is 0 Å². The van der Waals surface area contributed by atoms with Gasteiger partial charge in [0.2, 0.25) is 0 Å². The molecule has 1 fully saturated rings. The van der Waals surface area contributed by atoms with E-state index < -0.39 is 105 Å². The van der Waals surface area contributed by atoms with E-state index in [1.165, 1.54) is 116 Å². The van der Waals surface area contributed by atoms with E-state index in [9.17, 15) is 36.0 Å². The molecular formula is C50H92O14S2. The molecule has 0 spiro atoms. The van der Waals surface area contributed by atoms with Crippen LogP contribution < -0.4 is 0 Å². The highest BCUT2D eigenvalue weighted by molar-refractivity contribution is 7.92. The third-order valence-electron chi connectivity index (χ3n) is 12.0. The molecule has 0 saturated carbocycles. The van der Waals surface area contributed by atoms with Gasteiger partial charge in [0.05, 0.1) is 29.6 Å². The number of carbonyl (C=O) groups excluding carboxylic acids is 4. The van der Waals surface area contributed by atoms with Crippen LogP contribution in [0.2, 0.25) is 0 Å². The van der Waals surface area contributed by atoms with Crippen molar-refractivity contribution in [1.29, 1.82) is 0 Å². The highest BCUT2D eigenvalue weighted by atomic mass is 32.2. The van der Waals surface area contributed by atoms with Crippen LogP contribution in [-0.2, 0) is 67.3 Å². The summed E-state index contributed by atoms with van der Waals surface area (Å²) in [7, 11) is -7.47. The molecule has 0 radical (unpaired) electrons. The van der Waals surface area contributed by atoms with Crippen LogP contribution in [0.5, 0.6) is 0 Å². The van der Waals surface area contributed by atoms with Crippen LogP contribution in [-0.4, -0.2) is 108 Å². The SMILES string of the molecule is CCCCCCCCCCCCCCCCS(=O)(=O)CC(CO[C@H]1O[C@H](COC(C)=O)[C@H](OC(C)=O)[C@H](OC(C)=O)[C@H]1OC(C)=O)CS(=O)(=O)CCCCCCCCCCCCCCCC. The summed E-state index contributed by atoms with van der Waals surface area (Å²) in [5.41, 5.74) is 0. The summed E-state index contributed by atoms with van der Waals surface area (Å²) in [5, 5.41) is 0. The lowest BCUT2D eigenvalue weighted by atomic mass is 9.98. The summed E-state index contributed by atoms with van der Waals surface area (Å²) in [4.78, 5) is 48.6. The molecule has 1 heterocycles. The zero-order valence-corrected chi connectivity index (χ0v) is 43.7. The minimum Gasteiger partial charge on any atom is -0.463 e. The molecule has 0 amide bonds. The molecule has 0 aromatic heterocycles. The van der Waals surface area contributed by atoms with Crippen molar-refractivity contribution in [2.45, 2.75) is 252 Å². The molecule has 0 unspecified atom stereocenters. The zero-order valence-electron chi connectivity index (χ0n) is 42.0. The van der Waals surface area contributed by atoms with Gasteiger partial charge in [0.1, 0.15) is 12.7 Å². The van der Waals surface area contributed by atoms with Crippen molar-refractivity contribution in [3.8, 4) is 0 Å². The van der Waals surface area contributed by atoms with E-state index in [2.05, 4.69) is 13.8 Å². The molecule has 0 aromatic carbocycles. The number of unbranched alkanes of at least 4 members (excludes halogenated alkanes) is 26. The van der Waals surface area contributed by atoms with Gasteiger partial charge in [-0.05, 0) is 12.8 Å². The maximum atomic E-state index is 13.6. The molecule has 1 aliphatic heterocycles. The van der Waals surface area contributed by atoms with Crippen LogP contribution in [0.15, 0.2) is 0 Å². The van der Waals surface area contributed by atoms with Crippen molar-refractivity contribution in [2.24, 2.45) is 5.92 Å². The van der Waals surface area contributed by atoms with Gasteiger partial charge in [0, 0.05) is 33.6 Å². The maximum Gasteiger partial charge on any atom is 0.303 e. The largest absolute Gasteiger partial charge is 0.463 e. The molecule has 16 heteroatoms. The Bertz CT molecular complexity index is 1450. The number of hydrogen-bond acceptors (Lipinski definition) is 14. The lowest BCUT2D eigenvalue weighted by molar-refractivity contribution is -0.309. The van der Waals surface area contributed by atoms with Crippen LogP contribution in [0, 0.1) is 5.92 Å². The first-order valence-electron chi connectivity index (χ1n) is 25.8. The smallest absolute Gasteiger partial charge is 0.303 e. The Morgan fingerprint density at radius 3 is 1.09 bits per heavy atom. The lowest BCUT2D eigenvalue weighted by Crippen LogP contribution is -2.63. The molecule has 0 aliphatic carbocycles. The normalized spacial score (nSPS) is 18.9. The molecule has 66 heavy (non-hydrogen) atoms. The van der Waals surface area contributed by atoms with E-state index in [0.717, 1.165) is 79.1 Å². The van der Waals surface area contributed by atoms with E-state index in [1.54, 1.807) is 0 Å². The van der Waals surface area contributed by atoms with Gasteiger partial charge in [0.15, 0.2) is 44.3 Å². The fourth-order valence-electron chi connectivity index (χ4n) is 8.62. The molecule has 14 nitrogen and oxygen atoms in total. The molecule has 0 N–H and O–H groups in total. The Morgan fingerprint density at radius 1 is 0.439 bits per heavy atom. The fourth-order valence-corrected chi connectivity index (χ4v) is 12.3. The summed E-state index contributed by atoms with van der Waals surface area (Å²) in [5.74, 6) is -5.26. The average Bonchev–Trinajstić information content (AvgIpc) is 3.23. The third-order valence-corrected chi connectivity index (χ3v) is 15.8. The standard InChI is InChI=1S/C50H92O14S2/c1-7-9-11-13-15-17-19-21-23-25-27-29-31-33-35-65(55,56)39-45(40-66(57,58)36-34-32-30-28-26-24-22-20-18-16-14-12-10-8-2)37-60-50-49(63-44(6)54)48(62-43(5)53)47(61-42(4)52)46(64-50)38-59-41(3)51/h45-50H,7-40H2,1-6H3/t46-,47+,48+,49-,50+/m1/s1. The summed E-state index contributed by atoms with van der Waals surface area (Å²) >= 11 is 0. The Hall–Kier alpha value is -2.30. The van der Waals surface area contributed by atoms with Crippen molar-refractivity contribution in [1.82, 2.24) is 0 Å². The van der Waals surface area contributed by atoms with Crippen molar-refractivity contribution >= 4 is 43.6 Å². The van der Waals surface area contributed by atoms with Crippen LogP contribution in [0.1, 0.15) is 221 Å². The summed E-state index contributed by atoms with van der Waals surface area (Å²) in [6.45, 7) is 8.02. The van der Waals surface area contributed by atoms with Gasteiger partial charge in [-0.2, -0.15) is 0 Å². The molecule has 1 rings (SSSR count). The Morgan fingerprint density at radius 2 is 0.758 bits per heavy atom. The Kier molecular flexibility index (Phi) is 35.1. The number of carbonyl (C=O) groups is 4. The van der Waals surface area contributed by atoms with Crippen molar-refractivity contribution in [3.63, 3.8) is 0 Å². The third kappa shape index (κ3) is 32.4. The van der Waals surface area contributed by atoms with Crippen LogP contribution in [0.4, 0.5) is 0 Å². The first kappa shape index (κ1) is 61.7. The second kappa shape index (κ2) is 37.6. The summed E-state index contributed by atoms with van der Waals surface area (Å²) in [6.07, 6.45) is 24.3. The van der Waals surface area contributed by atoms with Gasteiger partial charge in [-0.1, -0.05) is 181 Å². The minimum atomic E-state index is -3.74. The quantitative estimate of drug-likeness (QED) is 0.0319. The minimum absolute atomic E-state index is 0.0976. The Labute approximate surface area is 400 Å². The number of sulfone groups is 2. The molecule has 388 valence electrons. The first-order chi connectivity index (χ1) is 31.5. The monoisotopic (exact) mass is 981 g/mol. The molecule has 1 aliphatic rings. The highest BCUT2D eigenvalue weighted by Crippen LogP contribution is 2.31. The second-order valence-electron chi connectivity index (χ2n) is 18.7. The Balaban J connectivity index is 2.99. The van der Waals surface area contributed by atoms with Gasteiger partial charge in [-0.3, -0.25) is 19.2 Å². The fraction of sp³-hybridized carbons (Fsp3) is 0.920. The second-order valence-corrected chi connectivity index (χ2v) is 23.1. The summed E-state index contributed by atoms with van der Waals surface area (Å²) in [6, 6.07) is 0. The number of esters is 4. The zero-order chi connectivity index (χ0) is 49.1. The predicted octanol–water partition coefficient (Wildman–Crippen LogP) is 10.5. The molecule has 1 saturated heterocycles. The van der Waals surface area contributed by atoms with Crippen LogP contribution in [0.25, 0.3) is 0 Å². The highest BCUT2D eigenvalue weighted by Gasteiger charge is 2.53. The number of hydrogen-bond donors (Lipinski definition) is 0. The van der Waals surface area contributed by atoms with E-state index in [4.69, 9.17) is 28.4 Å². The van der Waals surface area contributed by atoms with Crippen LogP contribution in [0.3, 0.4) is 0 Å². The van der Waals surface area contributed by atoms with E-state index in [1.807, 2.05) is 0 Å². The van der Waals surface area contributed by atoms with E-state index in [-0.39, 0.29) is 11.5 Å². The van der Waals surface area contributed by atoms with E-state index in [0.29, 0.717) is 12.8 Å². The topological polar surface area (TPSA) is 192 Å². The number of rotatable bonds is 42. The van der Waals surface area contributed by atoms with Crippen molar-refractivity contribution in [3.05, 3.63) is 0 Å². The predicted molar refractivity (Wildman–Crippen MR) is 259 cm³/mol. The van der Waals surface area contributed by atoms with Crippen LogP contribution >= 0.6 is 0 Å². The summed E-state index contributed by atoms with van der Waals surface area (Å²) < 4.78 is 88.2.